The highest BCUT2D eigenvalue weighted by Gasteiger charge is 2.14. The minimum absolute atomic E-state index is 0.116. The van der Waals surface area contributed by atoms with Crippen LogP contribution in [-0.4, -0.2) is 43.0 Å². The summed E-state index contributed by atoms with van der Waals surface area (Å²) in [6, 6.07) is 9.41. The van der Waals surface area contributed by atoms with Gasteiger partial charge in [0.2, 0.25) is 0 Å². The summed E-state index contributed by atoms with van der Waals surface area (Å²) >= 11 is 0. The number of anilines is 1. The first kappa shape index (κ1) is 17.9. The van der Waals surface area contributed by atoms with Gasteiger partial charge in [-0.25, -0.2) is 9.37 Å². The van der Waals surface area contributed by atoms with Crippen LogP contribution in [0.2, 0.25) is 0 Å². The molecule has 26 heavy (non-hydrogen) atoms. The van der Waals surface area contributed by atoms with E-state index in [2.05, 4.69) is 10.3 Å². The van der Waals surface area contributed by atoms with Crippen LogP contribution >= 0.6 is 0 Å². The maximum Gasteiger partial charge on any atom is 0.291 e. The highest BCUT2D eigenvalue weighted by molar-refractivity contribution is 6.04. The monoisotopic (exact) mass is 357 g/mol. The quantitative estimate of drug-likeness (QED) is 0.732. The average Bonchev–Trinajstić information content (AvgIpc) is 3.00. The Hall–Kier alpha value is -2.93. The summed E-state index contributed by atoms with van der Waals surface area (Å²) in [4.78, 5) is 18.6. The maximum absolute atomic E-state index is 14.1. The van der Waals surface area contributed by atoms with Crippen LogP contribution in [-0.2, 0) is 0 Å². The number of aryl methyl sites for hydroxylation is 1. The number of furan rings is 1. The van der Waals surface area contributed by atoms with Gasteiger partial charge < -0.3 is 19.4 Å². The number of halogens is 1. The number of nitrogens with one attached hydrogen (secondary N) is 1. The zero-order valence-corrected chi connectivity index (χ0v) is 14.9. The predicted octanol–water partition coefficient (Wildman–Crippen LogP) is 3.47. The van der Waals surface area contributed by atoms with Gasteiger partial charge in [-0.15, -0.1) is 0 Å². The van der Waals surface area contributed by atoms with Gasteiger partial charge in [0.1, 0.15) is 12.1 Å². The van der Waals surface area contributed by atoms with Crippen molar-refractivity contribution in [1.29, 1.82) is 0 Å². The van der Waals surface area contributed by atoms with E-state index in [9.17, 15) is 9.18 Å². The molecular formula is C19H20FN3O3. The zero-order valence-electron chi connectivity index (χ0n) is 14.9. The summed E-state index contributed by atoms with van der Waals surface area (Å²) in [5.41, 5.74) is 2.27. The molecule has 1 aromatic carbocycles. The Balaban J connectivity index is 1.69. The summed E-state index contributed by atoms with van der Waals surface area (Å²) in [6.45, 7) is 2.91. The third kappa shape index (κ3) is 4.18. The van der Waals surface area contributed by atoms with Crippen molar-refractivity contribution < 1.29 is 18.3 Å². The predicted molar refractivity (Wildman–Crippen MR) is 97.1 cm³/mol. The Morgan fingerprint density at radius 2 is 2.08 bits per heavy atom. The van der Waals surface area contributed by atoms with Gasteiger partial charge in [-0.2, -0.15) is 0 Å². The van der Waals surface area contributed by atoms with E-state index < -0.39 is 11.7 Å². The van der Waals surface area contributed by atoms with Gasteiger partial charge in [0.05, 0.1) is 0 Å². The summed E-state index contributed by atoms with van der Waals surface area (Å²) in [6.07, 6.45) is 0. The minimum atomic E-state index is -0.538. The molecule has 2 heterocycles. The fraction of sp³-hybridized carbons (Fsp3) is 0.263. The molecule has 0 fully saturated rings. The van der Waals surface area contributed by atoms with Crippen LogP contribution in [0.4, 0.5) is 10.1 Å². The lowest BCUT2D eigenvalue weighted by atomic mass is 10.2. The molecule has 0 aliphatic heterocycles. The smallest absolute Gasteiger partial charge is 0.291 e. The number of hydrogen-bond acceptors (Lipinski definition) is 5. The zero-order chi connectivity index (χ0) is 18.7. The first-order valence-corrected chi connectivity index (χ1v) is 8.18. The lowest BCUT2D eigenvalue weighted by Crippen LogP contribution is -2.19. The van der Waals surface area contributed by atoms with E-state index in [1.165, 1.54) is 12.1 Å². The number of ether oxygens (including phenoxy) is 1. The largest absolute Gasteiger partial charge is 0.489 e. The normalized spacial score (nSPS) is 11.1. The van der Waals surface area contributed by atoms with Gasteiger partial charge in [-0.1, -0.05) is 0 Å². The topological polar surface area (TPSA) is 67.6 Å². The molecule has 0 saturated heterocycles. The van der Waals surface area contributed by atoms with Gasteiger partial charge in [0, 0.05) is 30.1 Å². The summed E-state index contributed by atoms with van der Waals surface area (Å²) in [5.74, 6) is -0.747. The lowest BCUT2D eigenvalue weighted by Gasteiger charge is -2.12. The molecule has 0 bridgehead atoms. The van der Waals surface area contributed by atoms with Crippen LogP contribution in [0, 0.1) is 12.7 Å². The van der Waals surface area contributed by atoms with Gasteiger partial charge in [0.15, 0.2) is 22.9 Å². The number of carbonyl (C=O) groups excluding carboxylic acids is 1. The highest BCUT2D eigenvalue weighted by Crippen LogP contribution is 2.23. The van der Waals surface area contributed by atoms with Crippen LogP contribution in [0.25, 0.3) is 11.1 Å². The molecule has 3 aromatic rings. The van der Waals surface area contributed by atoms with Crippen LogP contribution in [0.15, 0.2) is 40.8 Å². The molecule has 1 amide bonds. The molecule has 0 atom stereocenters. The average molecular weight is 357 g/mol. The second kappa shape index (κ2) is 7.53. The number of nitrogens with zero attached hydrogens (tertiary/aromatic N) is 2. The lowest BCUT2D eigenvalue weighted by molar-refractivity contribution is 0.0998. The molecule has 6 nitrogen and oxygen atoms in total. The molecule has 0 saturated carbocycles. The highest BCUT2D eigenvalue weighted by atomic mass is 19.1. The molecule has 3 rings (SSSR count). The van der Waals surface area contributed by atoms with Gasteiger partial charge in [-0.05, 0) is 45.3 Å². The molecule has 1 N–H and O–H groups in total. The minimum Gasteiger partial charge on any atom is -0.489 e. The van der Waals surface area contributed by atoms with Crippen molar-refractivity contribution in [2.45, 2.75) is 6.92 Å². The number of amides is 1. The molecule has 136 valence electrons. The SMILES string of the molecule is Cc1ccc2oc(C(=O)Nc3ccc(OCCN(C)C)c(F)c3)cc2n1. The molecule has 0 unspecified atom stereocenters. The fourth-order valence-electron chi connectivity index (χ4n) is 2.36. The first-order chi connectivity index (χ1) is 12.4. The number of carbonyl (C=O) groups is 1. The van der Waals surface area contributed by atoms with E-state index in [4.69, 9.17) is 9.15 Å². The van der Waals surface area contributed by atoms with Crippen molar-refractivity contribution in [3.63, 3.8) is 0 Å². The molecule has 7 heteroatoms. The first-order valence-electron chi connectivity index (χ1n) is 8.18. The second-order valence-electron chi connectivity index (χ2n) is 6.20. The Kier molecular flexibility index (Phi) is 5.18. The van der Waals surface area contributed by atoms with E-state index in [0.717, 1.165) is 5.69 Å². The Morgan fingerprint density at radius 3 is 2.81 bits per heavy atom. The Morgan fingerprint density at radius 1 is 1.27 bits per heavy atom. The maximum atomic E-state index is 14.1. The van der Waals surface area contributed by atoms with E-state index in [1.54, 1.807) is 24.3 Å². The summed E-state index contributed by atoms with van der Waals surface area (Å²) < 4.78 is 25.0. The summed E-state index contributed by atoms with van der Waals surface area (Å²) in [5, 5.41) is 2.61. The van der Waals surface area contributed by atoms with Crippen molar-refractivity contribution in [3.8, 4) is 5.75 Å². The van der Waals surface area contributed by atoms with Crippen molar-refractivity contribution in [1.82, 2.24) is 9.88 Å². The van der Waals surface area contributed by atoms with Crippen molar-refractivity contribution >= 4 is 22.7 Å². The van der Waals surface area contributed by atoms with E-state index in [1.807, 2.05) is 25.9 Å². The van der Waals surface area contributed by atoms with Crippen LogP contribution in [0.1, 0.15) is 16.2 Å². The third-order valence-electron chi connectivity index (χ3n) is 3.72. The van der Waals surface area contributed by atoms with Crippen LogP contribution in [0.3, 0.4) is 0 Å². The number of rotatable bonds is 6. The van der Waals surface area contributed by atoms with Gasteiger partial charge >= 0.3 is 0 Å². The van der Waals surface area contributed by atoms with Crippen LogP contribution < -0.4 is 10.1 Å². The number of benzene rings is 1. The number of aromatic nitrogens is 1. The van der Waals surface area contributed by atoms with Crippen molar-refractivity contribution in [3.05, 3.63) is 53.7 Å². The van der Waals surface area contributed by atoms with Gasteiger partial charge in [0.25, 0.3) is 5.91 Å². The number of fused-ring (bicyclic) bond motifs is 1. The molecule has 2 aromatic heterocycles. The molecule has 0 aliphatic rings. The van der Waals surface area contributed by atoms with E-state index >= 15 is 0 Å². The van der Waals surface area contributed by atoms with Crippen molar-refractivity contribution in [2.24, 2.45) is 0 Å². The third-order valence-corrected chi connectivity index (χ3v) is 3.72. The summed E-state index contributed by atoms with van der Waals surface area (Å²) in [7, 11) is 3.82. The number of hydrogen-bond donors (Lipinski definition) is 1. The van der Waals surface area contributed by atoms with Crippen LogP contribution in [0.5, 0.6) is 5.75 Å². The van der Waals surface area contributed by atoms with Gasteiger partial charge in [-0.3, -0.25) is 4.79 Å². The molecule has 0 spiro atoms. The Labute approximate surface area is 150 Å². The molecule has 0 radical (unpaired) electrons. The number of pyridine rings is 1. The van der Waals surface area contributed by atoms with Crippen molar-refractivity contribution in [2.75, 3.05) is 32.6 Å². The number of likely N-dealkylation sites (N-methyl/N-ethyl adjacent to an activating group) is 1. The Bertz CT molecular complexity index is 937. The second-order valence-corrected chi connectivity index (χ2v) is 6.20. The molecular weight excluding hydrogens is 337 g/mol. The van der Waals surface area contributed by atoms with E-state index in [-0.39, 0.29) is 11.5 Å². The standard InChI is InChI=1S/C19H20FN3O3/c1-12-4-6-17-15(21-12)11-18(26-17)19(24)22-13-5-7-16(14(20)10-13)25-9-8-23(2)3/h4-7,10-11H,8-9H2,1-3H3,(H,22,24). The molecule has 0 aliphatic carbocycles. The fourth-order valence-corrected chi connectivity index (χ4v) is 2.36. The van der Waals surface area contributed by atoms with E-state index in [0.29, 0.717) is 29.9 Å².